The van der Waals surface area contributed by atoms with Crippen LogP contribution in [0.15, 0.2) is 88.4 Å². The lowest BCUT2D eigenvalue weighted by Crippen LogP contribution is -2.46. The highest BCUT2D eigenvalue weighted by atomic mass is 32.2. The van der Waals surface area contributed by atoms with Crippen molar-refractivity contribution in [2.45, 2.75) is 30.6 Å². The molecule has 0 atom stereocenters. The number of ether oxygens (including phenoxy) is 1. The van der Waals surface area contributed by atoms with Crippen molar-refractivity contribution >= 4 is 23.5 Å². The molecule has 0 saturated carbocycles. The van der Waals surface area contributed by atoms with Crippen molar-refractivity contribution in [3.63, 3.8) is 0 Å². The highest BCUT2D eigenvalue weighted by Gasteiger charge is 2.21. The summed E-state index contributed by atoms with van der Waals surface area (Å²) in [4.78, 5) is 28.9. The number of thioether (sulfide) groups is 1. The van der Waals surface area contributed by atoms with E-state index in [9.17, 15) is 4.79 Å². The average molecular weight is 558 g/mol. The van der Waals surface area contributed by atoms with Crippen LogP contribution in [0.2, 0.25) is 0 Å². The Morgan fingerprint density at radius 1 is 0.950 bits per heavy atom. The number of benzene rings is 2. The number of nitrogens with zero attached hydrogens (tertiary/aromatic N) is 5. The first-order valence-electron chi connectivity index (χ1n) is 13.5. The van der Waals surface area contributed by atoms with Gasteiger partial charge in [0.25, 0.3) is 5.91 Å². The molecule has 1 aliphatic heterocycles. The van der Waals surface area contributed by atoms with Crippen molar-refractivity contribution in [2.75, 3.05) is 45.2 Å². The summed E-state index contributed by atoms with van der Waals surface area (Å²) in [5.41, 5.74) is 3.26. The minimum absolute atomic E-state index is 0.146. The van der Waals surface area contributed by atoms with Crippen LogP contribution in [-0.2, 0) is 30.2 Å². The van der Waals surface area contributed by atoms with E-state index in [2.05, 4.69) is 40.1 Å². The molecule has 3 heterocycles. The van der Waals surface area contributed by atoms with E-state index in [-0.39, 0.29) is 5.91 Å². The molecule has 208 valence electrons. The molecule has 9 heteroatoms. The van der Waals surface area contributed by atoms with Gasteiger partial charge in [-0.2, -0.15) is 0 Å². The number of anilines is 1. The van der Waals surface area contributed by atoms with Crippen molar-refractivity contribution < 1.29 is 13.9 Å². The van der Waals surface area contributed by atoms with Gasteiger partial charge in [-0.05, 0) is 23.3 Å². The molecule has 1 aliphatic rings. The molecule has 4 aromatic rings. The summed E-state index contributed by atoms with van der Waals surface area (Å²) in [6.45, 7) is 5.66. The van der Waals surface area contributed by atoms with Crippen LogP contribution >= 0.6 is 11.8 Å². The number of amides is 1. The van der Waals surface area contributed by atoms with Crippen LogP contribution in [0, 0.1) is 0 Å². The summed E-state index contributed by atoms with van der Waals surface area (Å²) in [5.74, 6) is 2.33. The van der Waals surface area contributed by atoms with E-state index in [1.807, 2.05) is 42.5 Å². The Morgan fingerprint density at radius 3 is 2.35 bits per heavy atom. The summed E-state index contributed by atoms with van der Waals surface area (Å²) in [6.07, 6.45) is 0. The standard InChI is InChI=1S/C31H35N5O3S/c1-34(20-24-9-5-3-6-10-24)30(37)28-14-13-27(39-28)23-40-31-32-26(22-38-2)19-29(33-31)36-17-15-35(16-18-36)21-25-11-7-4-8-12-25/h3-14,19H,15-18,20-23H2,1-2H3. The predicted octanol–water partition coefficient (Wildman–Crippen LogP) is 5.10. The molecule has 0 aliphatic carbocycles. The topological polar surface area (TPSA) is 74.9 Å². The van der Waals surface area contributed by atoms with Crippen molar-refractivity contribution in [1.29, 1.82) is 0 Å². The quantitative estimate of drug-likeness (QED) is 0.186. The molecule has 5 rings (SSSR count). The minimum atomic E-state index is -0.146. The number of methoxy groups -OCH3 is 1. The fraction of sp³-hybridized carbons (Fsp3) is 0.323. The highest BCUT2D eigenvalue weighted by Crippen LogP contribution is 2.25. The summed E-state index contributed by atoms with van der Waals surface area (Å²) in [7, 11) is 3.46. The van der Waals surface area contributed by atoms with Crippen LogP contribution in [-0.4, -0.2) is 66.0 Å². The molecule has 1 fully saturated rings. The zero-order valence-electron chi connectivity index (χ0n) is 23.0. The van der Waals surface area contributed by atoms with Gasteiger partial charge in [0, 0.05) is 59.5 Å². The SMILES string of the molecule is COCc1cc(N2CCN(Cc3ccccc3)CC2)nc(SCc2ccc(C(=O)N(C)Cc3ccccc3)o2)n1. The van der Waals surface area contributed by atoms with Gasteiger partial charge < -0.3 is 19.0 Å². The van der Waals surface area contributed by atoms with Gasteiger partial charge in [0.1, 0.15) is 11.6 Å². The van der Waals surface area contributed by atoms with Crippen LogP contribution in [0.3, 0.4) is 0 Å². The van der Waals surface area contributed by atoms with E-state index < -0.39 is 0 Å². The van der Waals surface area contributed by atoms with E-state index in [4.69, 9.17) is 19.1 Å². The van der Waals surface area contributed by atoms with Crippen LogP contribution in [0.25, 0.3) is 0 Å². The first-order valence-corrected chi connectivity index (χ1v) is 14.4. The smallest absolute Gasteiger partial charge is 0.289 e. The molecule has 1 saturated heterocycles. The molecule has 8 nitrogen and oxygen atoms in total. The fourth-order valence-corrected chi connectivity index (χ4v) is 5.47. The largest absolute Gasteiger partial charge is 0.455 e. The Morgan fingerprint density at radius 2 is 1.65 bits per heavy atom. The molecule has 0 unspecified atom stereocenters. The second-order valence-electron chi connectivity index (χ2n) is 9.88. The molecule has 0 N–H and O–H groups in total. The monoisotopic (exact) mass is 557 g/mol. The van der Waals surface area contributed by atoms with Gasteiger partial charge in [-0.15, -0.1) is 0 Å². The highest BCUT2D eigenvalue weighted by molar-refractivity contribution is 7.98. The van der Waals surface area contributed by atoms with E-state index >= 15 is 0 Å². The minimum Gasteiger partial charge on any atom is -0.455 e. The van der Waals surface area contributed by atoms with E-state index in [1.54, 1.807) is 25.1 Å². The van der Waals surface area contributed by atoms with E-state index in [0.29, 0.717) is 35.6 Å². The number of aromatic nitrogens is 2. The van der Waals surface area contributed by atoms with Crippen LogP contribution in [0.5, 0.6) is 0 Å². The van der Waals surface area contributed by atoms with Crippen molar-refractivity contribution in [1.82, 2.24) is 19.8 Å². The van der Waals surface area contributed by atoms with Crippen molar-refractivity contribution in [3.8, 4) is 0 Å². The maximum absolute atomic E-state index is 12.9. The second-order valence-corrected chi connectivity index (χ2v) is 10.8. The van der Waals surface area contributed by atoms with Crippen molar-refractivity contribution in [3.05, 3.63) is 107 Å². The van der Waals surface area contributed by atoms with Crippen LogP contribution < -0.4 is 4.90 Å². The van der Waals surface area contributed by atoms with Crippen LogP contribution in [0.4, 0.5) is 5.82 Å². The van der Waals surface area contributed by atoms with Crippen LogP contribution in [0.1, 0.15) is 33.1 Å². The third-order valence-electron chi connectivity index (χ3n) is 6.81. The Bertz CT molecular complexity index is 1370. The van der Waals surface area contributed by atoms with Gasteiger partial charge in [-0.3, -0.25) is 9.69 Å². The van der Waals surface area contributed by atoms with Crippen molar-refractivity contribution in [2.24, 2.45) is 0 Å². The number of hydrogen-bond donors (Lipinski definition) is 0. The number of hydrogen-bond acceptors (Lipinski definition) is 8. The average Bonchev–Trinajstić information content (AvgIpc) is 3.46. The Kier molecular flexibility index (Phi) is 9.49. The van der Waals surface area contributed by atoms with Gasteiger partial charge in [0.2, 0.25) is 0 Å². The summed E-state index contributed by atoms with van der Waals surface area (Å²) >= 11 is 1.50. The third-order valence-corrected chi connectivity index (χ3v) is 7.68. The molecule has 0 radical (unpaired) electrons. The molecule has 2 aromatic heterocycles. The number of rotatable bonds is 11. The van der Waals surface area contributed by atoms with Gasteiger partial charge in [-0.1, -0.05) is 72.4 Å². The van der Waals surface area contributed by atoms with E-state index in [1.165, 1.54) is 17.3 Å². The first-order chi connectivity index (χ1) is 19.6. The third kappa shape index (κ3) is 7.50. The van der Waals surface area contributed by atoms with Gasteiger partial charge in [0.05, 0.1) is 18.1 Å². The molecule has 40 heavy (non-hydrogen) atoms. The number of furan rings is 1. The molecular formula is C31H35N5O3S. The number of carbonyl (C=O) groups excluding carboxylic acids is 1. The normalized spacial score (nSPS) is 13.9. The maximum Gasteiger partial charge on any atom is 0.289 e. The Hall–Kier alpha value is -3.66. The molecule has 1 amide bonds. The fourth-order valence-electron chi connectivity index (χ4n) is 4.71. The Balaban J connectivity index is 1.19. The summed E-state index contributed by atoms with van der Waals surface area (Å²) in [5, 5.41) is 0.668. The second kappa shape index (κ2) is 13.6. The number of carbonyl (C=O) groups is 1. The zero-order valence-corrected chi connectivity index (χ0v) is 23.8. The van der Waals surface area contributed by atoms with Gasteiger partial charge >= 0.3 is 0 Å². The predicted molar refractivity (Wildman–Crippen MR) is 157 cm³/mol. The van der Waals surface area contributed by atoms with Gasteiger partial charge in [0.15, 0.2) is 10.9 Å². The first kappa shape index (κ1) is 27.9. The summed E-state index contributed by atoms with van der Waals surface area (Å²) in [6, 6.07) is 26.1. The van der Waals surface area contributed by atoms with Gasteiger partial charge in [-0.25, -0.2) is 9.97 Å². The lowest BCUT2D eigenvalue weighted by Gasteiger charge is -2.35. The lowest BCUT2D eigenvalue weighted by atomic mass is 10.2. The molecule has 0 bridgehead atoms. The summed E-state index contributed by atoms with van der Waals surface area (Å²) < 4.78 is 11.3. The molecule has 2 aromatic carbocycles. The molecule has 0 spiro atoms. The Labute approximate surface area is 240 Å². The number of piperazine rings is 1. The van der Waals surface area contributed by atoms with E-state index in [0.717, 1.165) is 49.8 Å². The lowest BCUT2D eigenvalue weighted by molar-refractivity contribution is 0.0752. The molecular weight excluding hydrogens is 522 g/mol. The maximum atomic E-state index is 12.9. The zero-order chi connectivity index (χ0) is 27.7.